The maximum absolute atomic E-state index is 12.8. The first-order valence-electron chi connectivity index (χ1n) is 8.43. The molecule has 1 aliphatic rings. The summed E-state index contributed by atoms with van der Waals surface area (Å²) in [5.41, 5.74) is -0.940. The van der Waals surface area contributed by atoms with Gasteiger partial charge in [-0.3, -0.25) is 9.59 Å². The number of piperidine rings is 1. The van der Waals surface area contributed by atoms with Gasteiger partial charge in [0.2, 0.25) is 11.8 Å². The average Bonchev–Trinajstić information content (AvgIpc) is 2.46. The van der Waals surface area contributed by atoms with E-state index < -0.39 is 5.41 Å². The molecule has 0 aromatic rings. The Morgan fingerprint density at radius 3 is 2.00 bits per heavy atom. The largest absolute Gasteiger partial charge is 0.342 e. The Bertz CT molecular complexity index is 352. The lowest BCUT2D eigenvalue weighted by atomic mass is 9.87. The first-order chi connectivity index (χ1) is 9.84. The second-order valence-corrected chi connectivity index (χ2v) is 6.89. The molecular weight excluding hydrogens is 264 g/mol. The molecule has 0 N–H and O–H groups in total. The zero-order chi connectivity index (χ0) is 16.0. The number of rotatable bonds is 6. The number of likely N-dealkylation sites (tertiary alicyclic amines) is 1. The zero-order valence-corrected chi connectivity index (χ0v) is 14.4. The molecule has 0 spiro atoms. The van der Waals surface area contributed by atoms with E-state index in [1.807, 2.05) is 9.80 Å². The Hall–Kier alpha value is -1.06. The van der Waals surface area contributed by atoms with Crippen molar-refractivity contribution in [3.8, 4) is 0 Å². The maximum Gasteiger partial charge on any atom is 0.237 e. The molecule has 1 saturated heterocycles. The van der Waals surface area contributed by atoms with Gasteiger partial charge in [0, 0.05) is 26.2 Å². The molecule has 1 heterocycles. The summed E-state index contributed by atoms with van der Waals surface area (Å²) < 4.78 is 0. The molecule has 0 aliphatic carbocycles. The van der Waals surface area contributed by atoms with Gasteiger partial charge in [-0.05, 0) is 45.4 Å². The molecule has 0 aromatic carbocycles. The second kappa shape index (κ2) is 7.81. The third-order valence-corrected chi connectivity index (χ3v) is 4.41. The highest BCUT2D eigenvalue weighted by molar-refractivity contribution is 6.04. The predicted octanol–water partition coefficient (Wildman–Crippen LogP) is 2.92. The number of hydrogen-bond donors (Lipinski definition) is 0. The van der Waals surface area contributed by atoms with Crippen molar-refractivity contribution in [1.82, 2.24) is 9.80 Å². The average molecular weight is 296 g/mol. The van der Waals surface area contributed by atoms with Gasteiger partial charge in [-0.2, -0.15) is 0 Å². The van der Waals surface area contributed by atoms with Gasteiger partial charge in [-0.15, -0.1) is 0 Å². The Morgan fingerprint density at radius 2 is 1.57 bits per heavy atom. The molecule has 2 amide bonds. The van der Waals surface area contributed by atoms with E-state index in [2.05, 4.69) is 20.8 Å². The Balaban J connectivity index is 2.77. The van der Waals surface area contributed by atoms with Crippen molar-refractivity contribution in [2.75, 3.05) is 26.2 Å². The van der Waals surface area contributed by atoms with Gasteiger partial charge in [0.15, 0.2) is 0 Å². The molecule has 1 fully saturated rings. The summed E-state index contributed by atoms with van der Waals surface area (Å²) in [6.07, 6.45) is 3.95. The summed E-state index contributed by atoms with van der Waals surface area (Å²) in [4.78, 5) is 29.3. The standard InChI is InChI=1S/C17H32N2O2/c1-6-10-18(11-7-2)15(20)17(4,5)16(21)19-12-8-14(3)9-13-19/h14H,6-13H2,1-5H3. The van der Waals surface area contributed by atoms with Crippen LogP contribution in [0.4, 0.5) is 0 Å². The van der Waals surface area contributed by atoms with Crippen LogP contribution in [0.2, 0.25) is 0 Å². The lowest BCUT2D eigenvalue weighted by Gasteiger charge is -2.37. The van der Waals surface area contributed by atoms with Crippen molar-refractivity contribution < 1.29 is 9.59 Å². The third-order valence-electron chi connectivity index (χ3n) is 4.41. The topological polar surface area (TPSA) is 40.6 Å². The zero-order valence-electron chi connectivity index (χ0n) is 14.4. The van der Waals surface area contributed by atoms with E-state index in [0.29, 0.717) is 5.92 Å². The molecule has 4 nitrogen and oxygen atoms in total. The number of carbonyl (C=O) groups is 2. The van der Waals surface area contributed by atoms with Gasteiger partial charge in [0.25, 0.3) is 0 Å². The van der Waals surface area contributed by atoms with Gasteiger partial charge in [0.05, 0.1) is 0 Å². The highest BCUT2D eigenvalue weighted by Crippen LogP contribution is 2.26. The van der Waals surface area contributed by atoms with Crippen molar-refractivity contribution in [1.29, 1.82) is 0 Å². The van der Waals surface area contributed by atoms with E-state index in [1.54, 1.807) is 13.8 Å². The van der Waals surface area contributed by atoms with E-state index in [9.17, 15) is 9.59 Å². The number of nitrogens with zero attached hydrogens (tertiary/aromatic N) is 2. The van der Waals surface area contributed by atoms with E-state index in [-0.39, 0.29) is 11.8 Å². The monoisotopic (exact) mass is 296 g/mol. The van der Waals surface area contributed by atoms with Gasteiger partial charge in [0.1, 0.15) is 5.41 Å². The number of amides is 2. The van der Waals surface area contributed by atoms with Crippen LogP contribution in [0.15, 0.2) is 0 Å². The molecule has 0 atom stereocenters. The molecule has 0 unspecified atom stereocenters. The summed E-state index contributed by atoms with van der Waals surface area (Å²) in [5.74, 6) is 0.663. The highest BCUT2D eigenvalue weighted by atomic mass is 16.2. The van der Waals surface area contributed by atoms with Gasteiger partial charge in [-0.25, -0.2) is 0 Å². The summed E-state index contributed by atoms with van der Waals surface area (Å²) in [6.45, 7) is 13.0. The van der Waals surface area contributed by atoms with Gasteiger partial charge in [-0.1, -0.05) is 20.8 Å². The molecule has 1 aliphatic heterocycles. The van der Waals surface area contributed by atoms with Crippen LogP contribution in [0.1, 0.15) is 60.3 Å². The lowest BCUT2D eigenvalue weighted by Crippen LogP contribution is -2.52. The van der Waals surface area contributed by atoms with Crippen molar-refractivity contribution in [2.24, 2.45) is 11.3 Å². The molecule has 122 valence electrons. The Kier molecular flexibility index (Phi) is 6.69. The van der Waals surface area contributed by atoms with Crippen LogP contribution >= 0.6 is 0 Å². The summed E-state index contributed by atoms with van der Waals surface area (Å²) in [6, 6.07) is 0. The second-order valence-electron chi connectivity index (χ2n) is 6.89. The molecule has 4 heteroatoms. The van der Waals surface area contributed by atoms with Crippen molar-refractivity contribution >= 4 is 11.8 Å². The van der Waals surface area contributed by atoms with Gasteiger partial charge < -0.3 is 9.80 Å². The third kappa shape index (κ3) is 4.45. The quantitative estimate of drug-likeness (QED) is 0.707. The molecule has 0 radical (unpaired) electrons. The minimum absolute atomic E-state index is 0.00314. The van der Waals surface area contributed by atoms with Crippen LogP contribution in [0.25, 0.3) is 0 Å². The van der Waals surface area contributed by atoms with Crippen LogP contribution in [0.3, 0.4) is 0 Å². The van der Waals surface area contributed by atoms with E-state index in [1.165, 1.54) is 0 Å². The molecule has 0 aromatic heterocycles. The number of hydrogen-bond acceptors (Lipinski definition) is 2. The van der Waals surface area contributed by atoms with Crippen LogP contribution in [0.5, 0.6) is 0 Å². The first-order valence-corrected chi connectivity index (χ1v) is 8.43. The van der Waals surface area contributed by atoms with Crippen LogP contribution < -0.4 is 0 Å². The van der Waals surface area contributed by atoms with Crippen molar-refractivity contribution in [3.63, 3.8) is 0 Å². The maximum atomic E-state index is 12.8. The minimum atomic E-state index is -0.940. The van der Waals surface area contributed by atoms with E-state index in [4.69, 9.17) is 0 Å². The predicted molar refractivity (Wildman–Crippen MR) is 85.9 cm³/mol. The fourth-order valence-electron chi connectivity index (χ4n) is 2.95. The van der Waals surface area contributed by atoms with Crippen LogP contribution in [-0.2, 0) is 9.59 Å². The molecular formula is C17H32N2O2. The van der Waals surface area contributed by atoms with E-state index in [0.717, 1.165) is 51.9 Å². The minimum Gasteiger partial charge on any atom is -0.342 e. The fourth-order valence-corrected chi connectivity index (χ4v) is 2.95. The Labute approximate surface area is 129 Å². The molecule has 21 heavy (non-hydrogen) atoms. The fraction of sp³-hybridized carbons (Fsp3) is 0.882. The van der Waals surface area contributed by atoms with Crippen LogP contribution in [0, 0.1) is 11.3 Å². The normalized spacial score (nSPS) is 16.9. The molecule has 0 bridgehead atoms. The lowest BCUT2D eigenvalue weighted by molar-refractivity contribution is -0.155. The highest BCUT2D eigenvalue weighted by Gasteiger charge is 2.41. The first kappa shape index (κ1) is 18.0. The van der Waals surface area contributed by atoms with Crippen LogP contribution in [-0.4, -0.2) is 47.8 Å². The summed E-state index contributed by atoms with van der Waals surface area (Å²) in [5, 5.41) is 0. The molecule has 1 rings (SSSR count). The van der Waals surface area contributed by atoms with Crippen molar-refractivity contribution in [2.45, 2.75) is 60.3 Å². The van der Waals surface area contributed by atoms with Crippen molar-refractivity contribution in [3.05, 3.63) is 0 Å². The summed E-state index contributed by atoms with van der Waals surface area (Å²) in [7, 11) is 0. The summed E-state index contributed by atoms with van der Waals surface area (Å²) >= 11 is 0. The SMILES string of the molecule is CCCN(CCC)C(=O)C(C)(C)C(=O)N1CCC(C)CC1. The Morgan fingerprint density at radius 1 is 1.10 bits per heavy atom. The smallest absolute Gasteiger partial charge is 0.237 e. The number of carbonyl (C=O) groups excluding carboxylic acids is 2. The molecule has 0 saturated carbocycles. The van der Waals surface area contributed by atoms with Gasteiger partial charge >= 0.3 is 0 Å². The van der Waals surface area contributed by atoms with E-state index >= 15 is 0 Å².